The lowest BCUT2D eigenvalue weighted by Gasteiger charge is -2.06. The summed E-state index contributed by atoms with van der Waals surface area (Å²) in [6, 6.07) is 46.9. The molecule has 0 bridgehead atoms. The van der Waals surface area contributed by atoms with Crippen LogP contribution in [0.15, 0.2) is 133 Å². The molecule has 0 amide bonds. The second kappa shape index (κ2) is 12.4. The maximum Gasteiger partial charge on any atom is 0.0384 e. The van der Waals surface area contributed by atoms with Gasteiger partial charge in [-0.05, 0) is 73.2 Å². The normalized spacial score (nSPS) is 10.2. The highest BCUT2D eigenvalue weighted by Crippen LogP contribution is 2.20. The summed E-state index contributed by atoms with van der Waals surface area (Å²) in [5.41, 5.74) is 10.2. The number of hydrogen-bond donors (Lipinski definition) is 1. The number of anilines is 2. The molecule has 35 heavy (non-hydrogen) atoms. The van der Waals surface area contributed by atoms with Gasteiger partial charge in [-0.2, -0.15) is 0 Å². The molecule has 5 rings (SSSR count). The molecule has 0 radical (unpaired) electrons. The molecule has 0 aliphatic rings. The number of hydrogen-bond acceptors (Lipinski definition) is 1. The van der Waals surface area contributed by atoms with E-state index in [0.717, 1.165) is 24.2 Å². The minimum absolute atomic E-state index is 1.10. The third kappa shape index (κ3) is 7.72. The SMILES string of the molecule is Cc1ccc(Nc2ccc(C)cc2)cc1.c1ccc(CCc2ccc(-c3ccccc3)cc2)cc1. The lowest BCUT2D eigenvalue weighted by Crippen LogP contribution is -1.90. The minimum Gasteiger partial charge on any atom is -0.356 e. The molecule has 0 saturated carbocycles. The molecular formula is C34H33N. The molecule has 0 aromatic heterocycles. The zero-order chi connectivity index (χ0) is 24.3. The van der Waals surface area contributed by atoms with Crippen LogP contribution in [0.5, 0.6) is 0 Å². The van der Waals surface area contributed by atoms with E-state index < -0.39 is 0 Å². The van der Waals surface area contributed by atoms with Gasteiger partial charge >= 0.3 is 0 Å². The minimum atomic E-state index is 1.10. The Hall–Kier alpha value is -4.10. The van der Waals surface area contributed by atoms with Crippen molar-refractivity contribution < 1.29 is 0 Å². The van der Waals surface area contributed by atoms with Gasteiger partial charge in [0.2, 0.25) is 0 Å². The number of aryl methyl sites for hydroxylation is 4. The van der Waals surface area contributed by atoms with Crippen molar-refractivity contribution in [2.75, 3.05) is 5.32 Å². The van der Waals surface area contributed by atoms with Crippen LogP contribution in [0.4, 0.5) is 11.4 Å². The lowest BCUT2D eigenvalue weighted by molar-refractivity contribution is 0.960. The van der Waals surface area contributed by atoms with Crippen LogP contribution in [0.3, 0.4) is 0 Å². The molecule has 1 heteroatoms. The second-order valence-corrected chi connectivity index (χ2v) is 8.91. The first kappa shape index (κ1) is 24.0. The van der Waals surface area contributed by atoms with E-state index in [0.29, 0.717) is 0 Å². The molecule has 5 aromatic rings. The predicted molar refractivity (Wildman–Crippen MR) is 151 cm³/mol. The molecule has 0 aliphatic heterocycles. The predicted octanol–water partition coefficient (Wildman–Crippen LogP) is 9.19. The van der Waals surface area contributed by atoms with Crippen molar-refractivity contribution in [3.63, 3.8) is 0 Å². The summed E-state index contributed by atoms with van der Waals surface area (Å²) in [5, 5.41) is 3.36. The van der Waals surface area contributed by atoms with Crippen molar-refractivity contribution in [2.45, 2.75) is 26.7 Å². The van der Waals surface area contributed by atoms with Crippen molar-refractivity contribution in [3.05, 3.63) is 156 Å². The van der Waals surface area contributed by atoms with Crippen molar-refractivity contribution >= 4 is 11.4 Å². The van der Waals surface area contributed by atoms with Crippen molar-refractivity contribution in [1.29, 1.82) is 0 Å². The van der Waals surface area contributed by atoms with Gasteiger partial charge in [-0.25, -0.2) is 0 Å². The van der Waals surface area contributed by atoms with E-state index in [1.807, 2.05) is 0 Å². The molecule has 0 spiro atoms. The third-order valence-electron chi connectivity index (χ3n) is 6.00. The van der Waals surface area contributed by atoms with Crippen LogP contribution in [0.2, 0.25) is 0 Å². The Kier molecular flexibility index (Phi) is 8.51. The highest BCUT2D eigenvalue weighted by molar-refractivity contribution is 5.63. The fourth-order valence-corrected chi connectivity index (χ4v) is 3.87. The Labute approximate surface area is 210 Å². The molecule has 0 heterocycles. The zero-order valence-corrected chi connectivity index (χ0v) is 20.6. The fourth-order valence-electron chi connectivity index (χ4n) is 3.87. The van der Waals surface area contributed by atoms with Crippen LogP contribution >= 0.6 is 0 Å². The molecular weight excluding hydrogens is 422 g/mol. The monoisotopic (exact) mass is 455 g/mol. The summed E-state index contributed by atoms with van der Waals surface area (Å²) in [6.07, 6.45) is 2.20. The van der Waals surface area contributed by atoms with Gasteiger partial charge in [-0.15, -0.1) is 0 Å². The number of rotatable bonds is 6. The van der Waals surface area contributed by atoms with Crippen molar-refractivity contribution in [2.24, 2.45) is 0 Å². The third-order valence-corrected chi connectivity index (χ3v) is 6.00. The molecule has 5 aromatic carbocycles. The standard InChI is InChI=1S/C20H18.C14H15N/c1-3-7-17(8-4-1)11-12-18-13-15-20(16-14-18)19-9-5-2-6-10-19;1-11-3-7-13(8-4-11)15-14-9-5-12(2)6-10-14/h1-10,13-16H,11-12H2;3-10,15H,1-2H3. The van der Waals surface area contributed by atoms with E-state index >= 15 is 0 Å². The van der Waals surface area contributed by atoms with Gasteiger partial charge in [0.1, 0.15) is 0 Å². The van der Waals surface area contributed by atoms with E-state index in [-0.39, 0.29) is 0 Å². The maximum absolute atomic E-state index is 3.36. The molecule has 0 atom stereocenters. The van der Waals surface area contributed by atoms with Crippen molar-refractivity contribution in [1.82, 2.24) is 0 Å². The van der Waals surface area contributed by atoms with E-state index in [9.17, 15) is 0 Å². The summed E-state index contributed by atoms with van der Waals surface area (Å²) in [4.78, 5) is 0. The van der Waals surface area contributed by atoms with Crippen LogP contribution in [0.25, 0.3) is 11.1 Å². The molecule has 1 nitrogen and oxygen atoms in total. The molecule has 0 fully saturated rings. The van der Waals surface area contributed by atoms with Crippen molar-refractivity contribution in [3.8, 4) is 11.1 Å². The van der Waals surface area contributed by atoms with Crippen LogP contribution in [-0.4, -0.2) is 0 Å². The Morgan fingerprint density at radius 3 is 1.29 bits per heavy atom. The quantitative estimate of drug-likeness (QED) is 0.269. The second-order valence-electron chi connectivity index (χ2n) is 8.91. The zero-order valence-electron chi connectivity index (χ0n) is 20.6. The fraction of sp³-hybridized carbons (Fsp3) is 0.118. The van der Waals surface area contributed by atoms with E-state index in [4.69, 9.17) is 0 Å². The molecule has 174 valence electrons. The molecule has 0 aliphatic carbocycles. The summed E-state index contributed by atoms with van der Waals surface area (Å²) in [7, 11) is 0. The Morgan fingerprint density at radius 2 is 0.800 bits per heavy atom. The first-order chi connectivity index (χ1) is 17.2. The van der Waals surface area contributed by atoms with Crippen LogP contribution in [0.1, 0.15) is 22.3 Å². The highest BCUT2D eigenvalue weighted by Gasteiger charge is 1.99. The van der Waals surface area contributed by atoms with E-state index in [1.165, 1.54) is 33.4 Å². The van der Waals surface area contributed by atoms with Crippen LogP contribution < -0.4 is 5.32 Å². The van der Waals surface area contributed by atoms with E-state index in [2.05, 4.69) is 153 Å². The van der Waals surface area contributed by atoms with Gasteiger partial charge < -0.3 is 5.32 Å². The van der Waals surface area contributed by atoms with Crippen LogP contribution in [0, 0.1) is 13.8 Å². The van der Waals surface area contributed by atoms with Gasteiger partial charge in [0, 0.05) is 11.4 Å². The maximum atomic E-state index is 3.36. The highest BCUT2D eigenvalue weighted by atomic mass is 14.9. The van der Waals surface area contributed by atoms with Gasteiger partial charge in [0.15, 0.2) is 0 Å². The molecule has 0 saturated heterocycles. The number of nitrogens with one attached hydrogen (secondary N) is 1. The topological polar surface area (TPSA) is 12.0 Å². The van der Waals surface area contributed by atoms with Crippen LogP contribution in [-0.2, 0) is 12.8 Å². The summed E-state index contributed by atoms with van der Waals surface area (Å²) in [5.74, 6) is 0. The van der Waals surface area contributed by atoms with Gasteiger partial charge in [-0.3, -0.25) is 0 Å². The van der Waals surface area contributed by atoms with Gasteiger partial charge in [-0.1, -0.05) is 120 Å². The Bertz CT molecular complexity index is 1230. The Morgan fingerprint density at radius 1 is 0.400 bits per heavy atom. The lowest BCUT2D eigenvalue weighted by atomic mass is 10.0. The summed E-state index contributed by atoms with van der Waals surface area (Å²) in [6.45, 7) is 4.19. The number of benzene rings is 5. The van der Waals surface area contributed by atoms with Gasteiger partial charge in [0.25, 0.3) is 0 Å². The first-order valence-corrected chi connectivity index (χ1v) is 12.2. The molecule has 1 N–H and O–H groups in total. The van der Waals surface area contributed by atoms with Gasteiger partial charge in [0.05, 0.1) is 0 Å². The van der Waals surface area contributed by atoms with E-state index in [1.54, 1.807) is 0 Å². The summed E-state index contributed by atoms with van der Waals surface area (Å²) >= 11 is 0. The smallest absolute Gasteiger partial charge is 0.0384 e. The Balaban J connectivity index is 0.000000172. The first-order valence-electron chi connectivity index (χ1n) is 12.2. The largest absolute Gasteiger partial charge is 0.356 e. The average molecular weight is 456 g/mol. The molecule has 0 unspecified atom stereocenters. The summed E-state index contributed by atoms with van der Waals surface area (Å²) < 4.78 is 0. The average Bonchev–Trinajstić information content (AvgIpc) is 2.92.